The quantitative estimate of drug-likeness (QED) is 0.181. The van der Waals surface area contributed by atoms with E-state index in [4.69, 9.17) is 14.4 Å². The molecule has 4 heteroatoms. The largest absolute Gasteiger partial charge is 0.455 e. The lowest BCUT2D eigenvalue weighted by Gasteiger charge is -2.24. The summed E-state index contributed by atoms with van der Waals surface area (Å²) in [4.78, 5) is 10.4. The van der Waals surface area contributed by atoms with Crippen molar-refractivity contribution in [3.8, 4) is 22.3 Å². The Balaban J connectivity index is 1.08. The van der Waals surface area contributed by atoms with Gasteiger partial charge in [0.05, 0.1) is 5.56 Å². The van der Waals surface area contributed by atoms with E-state index in [1.54, 1.807) is 0 Å². The molecular weight excluding hydrogens is 671 g/mol. The highest BCUT2D eigenvalue weighted by Crippen LogP contribution is 2.41. The second-order valence-corrected chi connectivity index (χ2v) is 14.1. The second kappa shape index (κ2) is 12.7. The first-order valence-electron chi connectivity index (χ1n) is 18.7. The first-order chi connectivity index (χ1) is 27.3. The SMILES string of the molecule is c1ccc(C2=NC(c3cccc4c3oc3c(-c5ccc6c7ccccc7c7ccccc7c6c5)cccc34)=NC(c3cccc(-c4ccccc4)c3)N2)cc1. The van der Waals surface area contributed by atoms with Gasteiger partial charge in [0.25, 0.3) is 0 Å². The molecule has 0 bridgehead atoms. The van der Waals surface area contributed by atoms with E-state index in [0.29, 0.717) is 5.84 Å². The fraction of sp³-hybridized carbons (Fsp3) is 0.0196. The maximum absolute atomic E-state index is 6.98. The predicted molar refractivity (Wildman–Crippen MR) is 229 cm³/mol. The topological polar surface area (TPSA) is 49.9 Å². The minimum absolute atomic E-state index is 0.356. The minimum atomic E-state index is -0.356. The van der Waals surface area contributed by atoms with E-state index in [2.05, 4.69) is 169 Å². The fourth-order valence-electron chi connectivity index (χ4n) is 8.30. The average Bonchev–Trinajstić information content (AvgIpc) is 3.66. The monoisotopic (exact) mass is 703 g/mol. The number of hydrogen-bond acceptors (Lipinski definition) is 4. The average molecular weight is 704 g/mol. The van der Waals surface area contributed by atoms with Gasteiger partial charge in [-0.05, 0) is 72.8 Å². The summed E-state index contributed by atoms with van der Waals surface area (Å²) in [6, 6.07) is 66.3. The number of furan rings is 1. The first kappa shape index (κ1) is 31.2. The van der Waals surface area contributed by atoms with Crippen molar-refractivity contribution < 1.29 is 4.42 Å². The molecule has 10 aromatic rings. The molecule has 0 saturated heterocycles. The number of fused-ring (bicyclic) bond motifs is 9. The van der Waals surface area contributed by atoms with Gasteiger partial charge in [0, 0.05) is 21.9 Å². The van der Waals surface area contributed by atoms with E-state index >= 15 is 0 Å². The Morgan fingerprint density at radius 2 is 0.909 bits per heavy atom. The molecular formula is C51H33N3O. The molecule has 258 valence electrons. The van der Waals surface area contributed by atoms with Crippen molar-refractivity contribution in [1.29, 1.82) is 0 Å². The lowest BCUT2D eigenvalue weighted by atomic mass is 9.92. The van der Waals surface area contributed by atoms with Crippen molar-refractivity contribution in [1.82, 2.24) is 5.32 Å². The number of aliphatic imine (C=N–C) groups is 2. The number of nitrogens with one attached hydrogen (secondary N) is 1. The van der Waals surface area contributed by atoms with Gasteiger partial charge in [0.1, 0.15) is 23.2 Å². The summed E-state index contributed by atoms with van der Waals surface area (Å²) in [7, 11) is 0. The standard InChI is InChI=1S/C51H33N3O/c1-3-14-32(15-4-1)34-18-11-19-36(30-34)50-52-49(33-16-5-2-6-17-33)53-51(54-50)45-27-13-26-44-43-25-12-24-37(47(43)55-48(44)45)35-28-29-42-40-22-8-7-20-38(40)39-21-9-10-23-41(39)46(42)31-35/h1-31,50H,(H,52,53,54). The van der Waals surface area contributed by atoms with E-state index in [1.165, 1.54) is 32.3 Å². The van der Waals surface area contributed by atoms with Gasteiger partial charge in [-0.15, -0.1) is 0 Å². The van der Waals surface area contributed by atoms with E-state index in [9.17, 15) is 0 Å². The third-order valence-electron chi connectivity index (χ3n) is 10.9. The highest BCUT2D eigenvalue weighted by Gasteiger charge is 2.24. The Labute approximate surface area is 317 Å². The number of para-hydroxylation sites is 2. The van der Waals surface area contributed by atoms with Crippen molar-refractivity contribution in [3.63, 3.8) is 0 Å². The molecule has 1 aromatic heterocycles. The molecule has 2 heterocycles. The summed E-state index contributed by atoms with van der Waals surface area (Å²) in [6.45, 7) is 0. The highest BCUT2D eigenvalue weighted by atomic mass is 16.3. The number of hydrogen-bond donors (Lipinski definition) is 1. The summed E-state index contributed by atoms with van der Waals surface area (Å²) in [5.41, 5.74) is 9.00. The Kier molecular flexibility index (Phi) is 7.20. The number of nitrogens with zero attached hydrogens (tertiary/aromatic N) is 2. The van der Waals surface area contributed by atoms with E-state index in [1.807, 2.05) is 24.3 Å². The molecule has 1 atom stereocenters. The zero-order valence-electron chi connectivity index (χ0n) is 29.8. The van der Waals surface area contributed by atoms with Crippen LogP contribution < -0.4 is 5.32 Å². The normalized spacial score (nSPS) is 14.4. The second-order valence-electron chi connectivity index (χ2n) is 14.1. The Bertz CT molecular complexity index is 3140. The Morgan fingerprint density at radius 3 is 1.60 bits per heavy atom. The van der Waals surface area contributed by atoms with Gasteiger partial charge in [-0.25, -0.2) is 9.98 Å². The van der Waals surface area contributed by atoms with Crippen LogP contribution in [-0.4, -0.2) is 11.7 Å². The third kappa shape index (κ3) is 5.22. The molecule has 0 amide bonds. The molecule has 0 radical (unpaired) electrons. The number of rotatable bonds is 5. The summed E-state index contributed by atoms with van der Waals surface area (Å²) >= 11 is 0. The van der Waals surface area contributed by atoms with Crippen molar-refractivity contribution >= 4 is 65.9 Å². The molecule has 1 aliphatic rings. The van der Waals surface area contributed by atoms with Crippen LogP contribution in [0.5, 0.6) is 0 Å². The minimum Gasteiger partial charge on any atom is -0.455 e. The van der Waals surface area contributed by atoms with Crippen molar-refractivity contribution in [3.05, 3.63) is 205 Å². The van der Waals surface area contributed by atoms with Crippen LogP contribution in [-0.2, 0) is 0 Å². The van der Waals surface area contributed by atoms with Crippen LogP contribution in [0.25, 0.3) is 76.5 Å². The Hall–Kier alpha value is -7.30. The molecule has 0 spiro atoms. The smallest absolute Gasteiger partial charge is 0.163 e. The molecule has 4 nitrogen and oxygen atoms in total. The van der Waals surface area contributed by atoms with Gasteiger partial charge in [-0.1, -0.05) is 170 Å². The lowest BCUT2D eigenvalue weighted by Crippen LogP contribution is -2.33. The molecule has 0 fully saturated rings. The summed E-state index contributed by atoms with van der Waals surface area (Å²) in [6.07, 6.45) is -0.356. The van der Waals surface area contributed by atoms with Gasteiger partial charge >= 0.3 is 0 Å². The van der Waals surface area contributed by atoms with Crippen LogP contribution >= 0.6 is 0 Å². The van der Waals surface area contributed by atoms with Gasteiger partial charge in [-0.3, -0.25) is 0 Å². The van der Waals surface area contributed by atoms with Crippen molar-refractivity contribution in [2.24, 2.45) is 9.98 Å². The number of benzene rings is 9. The van der Waals surface area contributed by atoms with Crippen molar-refractivity contribution in [2.45, 2.75) is 6.17 Å². The molecule has 55 heavy (non-hydrogen) atoms. The number of amidine groups is 2. The molecule has 11 rings (SSSR count). The Morgan fingerprint density at radius 1 is 0.382 bits per heavy atom. The zero-order valence-corrected chi connectivity index (χ0v) is 29.8. The van der Waals surface area contributed by atoms with Crippen LogP contribution in [0.3, 0.4) is 0 Å². The molecule has 1 unspecified atom stereocenters. The van der Waals surface area contributed by atoms with Crippen LogP contribution in [0.4, 0.5) is 0 Å². The van der Waals surface area contributed by atoms with Crippen molar-refractivity contribution in [2.75, 3.05) is 0 Å². The van der Waals surface area contributed by atoms with E-state index in [0.717, 1.165) is 66.7 Å². The van der Waals surface area contributed by atoms with Gasteiger partial charge in [0.15, 0.2) is 5.84 Å². The van der Waals surface area contributed by atoms with Gasteiger partial charge in [-0.2, -0.15) is 0 Å². The van der Waals surface area contributed by atoms with Crippen LogP contribution in [0.1, 0.15) is 22.9 Å². The van der Waals surface area contributed by atoms with Crippen LogP contribution in [0.15, 0.2) is 202 Å². The molecule has 0 saturated carbocycles. The van der Waals surface area contributed by atoms with Gasteiger partial charge < -0.3 is 9.73 Å². The van der Waals surface area contributed by atoms with Crippen LogP contribution in [0, 0.1) is 0 Å². The fourth-order valence-corrected chi connectivity index (χ4v) is 8.30. The van der Waals surface area contributed by atoms with E-state index < -0.39 is 0 Å². The first-order valence-corrected chi connectivity index (χ1v) is 18.7. The van der Waals surface area contributed by atoms with E-state index in [-0.39, 0.29) is 6.17 Å². The maximum Gasteiger partial charge on any atom is 0.163 e. The predicted octanol–water partition coefficient (Wildman–Crippen LogP) is 12.9. The summed E-state index contributed by atoms with van der Waals surface area (Å²) in [5.74, 6) is 1.40. The molecule has 1 aliphatic heterocycles. The zero-order chi connectivity index (χ0) is 36.3. The third-order valence-corrected chi connectivity index (χ3v) is 10.9. The molecule has 0 aliphatic carbocycles. The highest BCUT2D eigenvalue weighted by molar-refractivity contribution is 6.26. The van der Waals surface area contributed by atoms with Gasteiger partial charge in [0.2, 0.25) is 0 Å². The summed E-state index contributed by atoms with van der Waals surface area (Å²) in [5, 5.41) is 13.3. The van der Waals surface area contributed by atoms with Crippen LogP contribution in [0.2, 0.25) is 0 Å². The lowest BCUT2D eigenvalue weighted by molar-refractivity contribution is 0.664. The molecule has 1 N–H and O–H groups in total. The summed E-state index contributed by atoms with van der Waals surface area (Å²) < 4.78 is 6.98. The maximum atomic E-state index is 6.98. The molecule has 9 aromatic carbocycles.